The summed E-state index contributed by atoms with van der Waals surface area (Å²) in [4.78, 5) is 29.6. The van der Waals surface area contributed by atoms with E-state index in [-0.39, 0.29) is 23.9 Å². The molecule has 6 nitrogen and oxygen atoms in total. The molecule has 0 saturated carbocycles. The quantitative estimate of drug-likeness (QED) is 0.862. The van der Waals surface area contributed by atoms with E-state index in [9.17, 15) is 9.59 Å². The van der Waals surface area contributed by atoms with Gasteiger partial charge in [0.25, 0.3) is 0 Å². The van der Waals surface area contributed by atoms with Crippen molar-refractivity contribution in [1.29, 1.82) is 0 Å². The highest BCUT2D eigenvalue weighted by Crippen LogP contribution is 2.35. The smallest absolute Gasteiger partial charge is 0.241 e. The molecule has 2 heterocycles. The molecule has 1 fully saturated rings. The molecule has 2 aromatic carbocycles. The van der Waals surface area contributed by atoms with Gasteiger partial charge < -0.3 is 15.0 Å². The first kappa shape index (κ1) is 19.5. The molecule has 2 amide bonds. The van der Waals surface area contributed by atoms with Gasteiger partial charge in [-0.1, -0.05) is 24.3 Å². The van der Waals surface area contributed by atoms with Crippen molar-refractivity contribution in [2.45, 2.75) is 38.3 Å². The van der Waals surface area contributed by atoms with Crippen LogP contribution in [-0.2, 0) is 9.59 Å². The number of carbonyl (C=O) groups is 2. The first-order valence-electron chi connectivity index (χ1n) is 10.2. The lowest BCUT2D eigenvalue weighted by Crippen LogP contribution is -2.45. The van der Waals surface area contributed by atoms with Crippen LogP contribution in [0.25, 0.3) is 0 Å². The number of rotatable bonds is 4. The van der Waals surface area contributed by atoms with Crippen LogP contribution in [0.2, 0.25) is 0 Å². The highest BCUT2D eigenvalue weighted by Gasteiger charge is 2.33. The SMILES string of the molecule is COc1ccc(C2CCCN2CC(=O)N2c3ccccc3NC(=O)CC2C)cc1. The molecule has 1 N–H and O–H groups in total. The molecule has 2 aromatic rings. The Labute approximate surface area is 171 Å². The van der Waals surface area contributed by atoms with Crippen LogP contribution < -0.4 is 15.0 Å². The van der Waals surface area contributed by atoms with E-state index in [1.54, 1.807) is 12.0 Å². The largest absolute Gasteiger partial charge is 0.497 e. The minimum Gasteiger partial charge on any atom is -0.497 e. The summed E-state index contributed by atoms with van der Waals surface area (Å²) < 4.78 is 5.26. The molecule has 152 valence electrons. The van der Waals surface area contributed by atoms with Crippen molar-refractivity contribution in [3.8, 4) is 5.75 Å². The average Bonchev–Trinajstić information content (AvgIpc) is 3.12. The van der Waals surface area contributed by atoms with Crippen molar-refractivity contribution in [2.75, 3.05) is 30.4 Å². The van der Waals surface area contributed by atoms with Crippen molar-refractivity contribution < 1.29 is 14.3 Å². The maximum absolute atomic E-state index is 13.4. The van der Waals surface area contributed by atoms with E-state index < -0.39 is 0 Å². The maximum Gasteiger partial charge on any atom is 0.241 e. The molecule has 0 aliphatic carbocycles. The molecule has 6 heteroatoms. The number of nitrogens with one attached hydrogen (secondary N) is 1. The summed E-state index contributed by atoms with van der Waals surface area (Å²) in [5, 5.41) is 2.92. The summed E-state index contributed by atoms with van der Waals surface area (Å²) in [7, 11) is 1.66. The van der Waals surface area contributed by atoms with Gasteiger partial charge in [-0.25, -0.2) is 0 Å². The Kier molecular flexibility index (Phi) is 5.53. The third kappa shape index (κ3) is 3.98. The van der Waals surface area contributed by atoms with Gasteiger partial charge in [-0.05, 0) is 56.1 Å². The Bertz CT molecular complexity index is 896. The fourth-order valence-electron chi connectivity index (χ4n) is 4.44. The number of amides is 2. The van der Waals surface area contributed by atoms with E-state index >= 15 is 0 Å². The average molecular weight is 393 g/mol. The van der Waals surface area contributed by atoms with E-state index in [1.165, 1.54) is 5.56 Å². The number of carbonyl (C=O) groups excluding carboxylic acids is 2. The van der Waals surface area contributed by atoms with Crippen LogP contribution in [0, 0.1) is 0 Å². The van der Waals surface area contributed by atoms with Crippen molar-refractivity contribution >= 4 is 23.2 Å². The number of ether oxygens (including phenoxy) is 1. The van der Waals surface area contributed by atoms with Crippen molar-refractivity contribution in [2.24, 2.45) is 0 Å². The Morgan fingerprint density at radius 1 is 1.17 bits per heavy atom. The predicted molar refractivity (Wildman–Crippen MR) is 113 cm³/mol. The van der Waals surface area contributed by atoms with Crippen LogP contribution in [0.15, 0.2) is 48.5 Å². The second-order valence-corrected chi connectivity index (χ2v) is 7.78. The topological polar surface area (TPSA) is 61.9 Å². The van der Waals surface area contributed by atoms with Crippen LogP contribution in [0.1, 0.15) is 37.8 Å². The monoisotopic (exact) mass is 393 g/mol. The summed E-state index contributed by atoms with van der Waals surface area (Å²) >= 11 is 0. The molecule has 4 rings (SSSR count). The third-order valence-corrected chi connectivity index (χ3v) is 5.83. The zero-order valence-electron chi connectivity index (χ0n) is 16.9. The molecule has 29 heavy (non-hydrogen) atoms. The molecule has 0 radical (unpaired) electrons. The van der Waals surface area contributed by atoms with Crippen LogP contribution >= 0.6 is 0 Å². The number of fused-ring (bicyclic) bond motifs is 1. The summed E-state index contributed by atoms with van der Waals surface area (Å²) in [5.41, 5.74) is 2.68. The van der Waals surface area contributed by atoms with E-state index in [1.807, 2.05) is 43.3 Å². The molecule has 0 spiro atoms. The Balaban J connectivity index is 1.55. The molecule has 0 aromatic heterocycles. The van der Waals surface area contributed by atoms with E-state index in [4.69, 9.17) is 4.74 Å². The lowest BCUT2D eigenvalue weighted by molar-refractivity contribution is -0.120. The third-order valence-electron chi connectivity index (χ3n) is 5.83. The van der Waals surface area contributed by atoms with Crippen molar-refractivity contribution in [3.05, 3.63) is 54.1 Å². The second-order valence-electron chi connectivity index (χ2n) is 7.78. The number of para-hydroxylation sites is 2. The van der Waals surface area contributed by atoms with Crippen LogP contribution in [0.4, 0.5) is 11.4 Å². The summed E-state index contributed by atoms with van der Waals surface area (Å²) in [6.07, 6.45) is 2.39. The summed E-state index contributed by atoms with van der Waals surface area (Å²) in [5.74, 6) is 0.806. The molecule has 2 aliphatic rings. The Hall–Kier alpha value is -2.86. The molecule has 2 atom stereocenters. The minimum absolute atomic E-state index is 0.0295. The molecule has 1 saturated heterocycles. The number of nitrogens with zero attached hydrogens (tertiary/aromatic N) is 2. The molecule has 2 unspecified atom stereocenters. The zero-order valence-corrected chi connectivity index (χ0v) is 16.9. The second kappa shape index (κ2) is 8.25. The number of methoxy groups -OCH3 is 1. The minimum atomic E-state index is -0.187. The first-order chi connectivity index (χ1) is 14.1. The van der Waals surface area contributed by atoms with Crippen LogP contribution in [-0.4, -0.2) is 43.0 Å². The van der Waals surface area contributed by atoms with E-state index in [0.29, 0.717) is 18.7 Å². The highest BCUT2D eigenvalue weighted by molar-refractivity contribution is 6.04. The lowest BCUT2D eigenvalue weighted by atomic mass is 10.0. The van der Waals surface area contributed by atoms with Crippen LogP contribution in [0.3, 0.4) is 0 Å². The first-order valence-corrected chi connectivity index (χ1v) is 10.2. The van der Waals surface area contributed by atoms with E-state index in [2.05, 4.69) is 22.3 Å². The molecular formula is C23H27N3O3. The molecule has 0 bridgehead atoms. The fourth-order valence-corrected chi connectivity index (χ4v) is 4.44. The molecule has 2 aliphatic heterocycles. The number of hydrogen-bond acceptors (Lipinski definition) is 4. The van der Waals surface area contributed by atoms with Gasteiger partial charge in [-0.2, -0.15) is 0 Å². The zero-order chi connectivity index (χ0) is 20.4. The van der Waals surface area contributed by atoms with Crippen molar-refractivity contribution in [3.63, 3.8) is 0 Å². The Morgan fingerprint density at radius 3 is 2.69 bits per heavy atom. The van der Waals surface area contributed by atoms with Crippen molar-refractivity contribution in [1.82, 2.24) is 4.90 Å². The standard InChI is InChI=1S/C23H27N3O3/c1-16-14-22(27)24-19-6-3-4-7-21(19)26(16)23(28)15-25-13-5-8-20(25)17-9-11-18(29-2)12-10-17/h3-4,6-7,9-12,16,20H,5,8,13-15H2,1-2H3,(H,24,27). The van der Waals surface area contributed by atoms with Gasteiger partial charge in [-0.3, -0.25) is 14.5 Å². The molecular weight excluding hydrogens is 366 g/mol. The van der Waals surface area contributed by atoms with E-state index in [0.717, 1.165) is 30.8 Å². The van der Waals surface area contributed by atoms with Gasteiger partial charge in [-0.15, -0.1) is 0 Å². The summed E-state index contributed by atoms with van der Waals surface area (Å²) in [6, 6.07) is 15.7. The summed E-state index contributed by atoms with van der Waals surface area (Å²) in [6.45, 7) is 3.16. The normalized spacial score (nSPS) is 22.0. The fraction of sp³-hybridized carbons (Fsp3) is 0.391. The lowest BCUT2D eigenvalue weighted by Gasteiger charge is -2.31. The number of anilines is 2. The maximum atomic E-state index is 13.4. The van der Waals surface area contributed by atoms with Gasteiger partial charge >= 0.3 is 0 Å². The van der Waals surface area contributed by atoms with Gasteiger partial charge in [0.15, 0.2) is 0 Å². The number of likely N-dealkylation sites (tertiary alicyclic amines) is 1. The van der Waals surface area contributed by atoms with Gasteiger partial charge in [0.05, 0.1) is 25.0 Å². The number of hydrogen-bond donors (Lipinski definition) is 1. The Morgan fingerprint density at radius 2 is 1.93 bits per heavy atom. The van der Waals surface area contributed by atoms with Crippen LogP contribution in [0.5, 0.6) is 5.75 Å². The number of benzene rings is 2. The predicted octanol–water partition coefficient (Wildman–Crippen LogP) is 3.60. The van der Waals surface area contributed by atoms with Gasteiger partial charge in [0.1, 0.15) is 5.75 Å². The van der Waals surface area contributed by atoms with Gasteiger partial charge in [0, 0.05) is 18.5 Å². The van der Waals surface area contributed by atoms with Gasteiger partial charge in [0.2, 0.25) is 11.8 Å². The highest BCUT2D eigenvalue weighted by atomic mass is 16.5.